The highest BCUT2D eigenvalue weighted by Gasteiger charge is 2.04. The lowest BCUT2D eigenvalue weighted by Gasteiger charge is -2.09. The van der Waals surface area contributed by atoms with E-state index in [-0.39, 0.29) is 18.3 Å². The molecule has 0 aliphatic heterocycles. The van der Waals surface area contributed by atoms with Crippen molar-refractivity contribution in [3.8, 4) is 5.75 Å². The molecule has 16 heteroatoms. The summed E-state index contributed by atoms with van der Waals surface area (Å²) in [5.41, 5.74) is 0.0224. The summed E-state index contributed by atoms with van der Waals surface area (Å²) in [6, 6.07) is 5.90. The van der Waals surface area contributed by atoms with Crippen molar-refractivity contribution >= 4 is 11.7 Å². The van der Waals surface area contributed by atoms with Crippen molar-refractivity contribution in [3.05, 3.63) is 34.4 Å². The second-order valence-electron chi connectivity index (χ2n) is 9.06. The number of carbonyl (C=O) groups excluding carboxylic acids is 1. The Bertz CT molecular complexity index is 831. The van der Waals surface area contributed by atoms with Crippen LogP contribution in [0.5, 0.6) is 5.75 Å². The van der Waals surface area contributed by atoms with Gasteiger partial charge >= 0.3 is 5.97 Å². The molecule has 1 aromatic rings. The first-order valence-electron chi connectivity index (χ1n) is 15.4. The van der Waals surface area contributed by atoms with Crippen molar-refractivity contribution in [2.75, 3.05) is 145 Å². The lowest BCUT2D eigenvalue weighted by Crippen LogP contribution is -2.15. The molecule has 0 aliphatic rings. The highest BCUT2D eigenvalue weighted by Crippen LogP contribution is 2.17. The number of hydrogen-bond donors (Lipinski definition) is 0. The number of ether oxygens (including phenoxy) is 12. The standard InChI is InChI=1S/C30H51NO15/c1-28(32)45-26-24-43-22-20-41-18-16-39-14-12-37-10-8-35-6-7-36-9-11-38-13-15-40-17-19-42-21-23-44-25-27-46-30-4-2-29(3-5-30)31(33)34/h2-5H,6-27H2,1H3. The van der Waals surface area contributed by atoms with Gasteiger partial charge in [0.25, 0.3) is 5.69 Å². The Balaban J connectivity index is 1.65. The highest BCUT2D eigenvalue weighted by molar-refractivity contribution is 5.65. The summed E-state index contributed by atoms with van der Waals surface area (Å²) < 4.78 is 64.3. The second-order valence-corrected chi connectivity index (χ2v) is 9.06. The van der Waals surface area contributed by atoms with Gasteiger partial charge in [-0.3, -0.25) is 14.9 Å². The minimum atomic E-state index is -0.455. The molecule has 0 radical (unpaired) electrons. The van der Waals surface area contributed by atoms with Crippen LogP contribution in [0, 0.1) is 10.1 Å². The maximum Gasteiger partial charge on any atom is 0.302 e. The molecule has 1 rings (SSSR count). The molecule has 0 aromatic heterocycles. The van der Waals surface area contributed by atoms with Crippen LogP contribution >= 0.6 is 0 Å². The zero-order chi connectivity index (χ0) is 33.2. The predicted molar refractivity (Wildman–Crippen MR) is 163 cm³/mol. The molecule has 266 valence electrons. The van der Waals surface area contributed by atoms with Crippen molar-refractivity contribution in [1.82, 2.24) is 0 Å². The molecule has 0 saturated carbocycles. The van der Waals surface area contributed by atoms with Crippen LogP contribution in [0.3, 0.4) is 0 Å². The van der Waals surface area contributed by atoms with Gasteiger partial charge in [-0.15, -0.1) is 0 Å². The van der Waals surface area contributed by atoms with Crippen LogP contribution < -0.4 is 4.74 Å². The minimum absolute atomic E-state index is 0.0224. The fourth-order valence-corrected chi connectivity index (χ4v) is 3.21. The number of nitrogens with zero attached hydrogens (tertiary/aromatic N) is 1. The zero-order valence-electron chi connectivity index (χ0n) is 26.9. The third kappa shape index (κ3) is 28.9. The molecule has 0 aliphatic carbocycles. The molecule has 0 heterocycles. The summed E-state index contributed by atoms with van der Waals surface area (Å²) in [4.78, 5) is 20.8. The summed E-state index contributed by atoms with van der Waals surface area (Å²) in [6.45, 7) is 11.1. The maximum atomic E-state index is 10.6. The van der Waals surface area contributed by atoms with Crippen molar-refractivity contribution in [3.63, 3.8) is 0 Å². The highest BCUT2D eigenvalue weighted by atomic mass is 16.6. The van der Waals surface area contributed by atoms with E-state index in [1.807, 2.05) is 0 Å². The molecular formula is C30H51NO15. The first-order valence-corrected chi connectivity index (χ1v) is 15.4. The number of rotatable bonds is 35. The zero-order valence-corrected chi connectivity index (χ0v) is 26.9. The van der Waals surface area contributed by atoms with Crippen LogP contribution in [0.2, 0.25) is 0 Å². The van der Waals surface area contributed by atoms with E-state index in [1.165, 1.54) is 19.1 Å². The van der Waals surface area contributed by atoms with Crippen molar-refractivity contribution < 1.29 is 66.6 Å². The van der Waals surface area contributed by atoms with Gasteiger partial charge in [0.15, 0.2) is 0 Å². The number of esters is 1. The van der Waals surface area contributed by atoms with E-state index in [0.717, 1.165) is 0 Å². The van der Waals surface area contributed by atoms with Gasteiger partial charge in [0, 0.05) is 19.1 Å². The summed E-state index contributed by atoms with van der Waals surface area (Å²) in [5.74, 6) is 0.235. The molecule has 0 saturated heterocycles. The van der Waals surface area contributed by atoms with Gasteiger partial charge in [0.05, 0.1) is 137 Å². The summed E-state index contributed by atoms with van der Waals surface area (Å²) >= 11 is 0. The van der Waals surface area contributed by atoms with Crippen LogP contribution in [0.4, 0.5) is 5.69 Å². The van der Waals surface area contributed by atoms with E-state index < -0.39 is 4.92 Å². The average molecular weight is 666 g/mol. The normalized spacial score (nSPS) is 11.2. The molecule has 16 nitrogen and oxygen atoms in total. The molecular weight excluding hydrogens is 614 g/mol. The van der Waals surface area contributed by atoms with Crippen LogP contribution in [-0.2, 0) is 56.9 Å². The Morgan fingerprint density at radius 1 is 0.478 bits per heavy atom. The fraction of sp³-hybridized carbons (Fsp3) is 0.767. The molecule has 0 unspecified atom stereocenters. The van der Waals surface area contributed by atoms with Crippen LogP contribution in [-0.4, -0.2) is 156 Å². The number of nitro benzene ring substituents is 1. The number of non-ortho nitro benzene ring substituents is 1. The van der Waals surface area contributed by atoms with E-state index in [0.29, 0.717) is 144 Å². The topological polar surface area (TPSA) is 171 Å². The van der Waals surface area contributed by atoms with Crippen molar-refractivity contribution in [1.29, 1.82) is 0 Å². The summed E-state index contributed by atoms with van der Waals surface area (Å²) in [6.07, 6.45) is 0. The number of nitro groups is 1. The second kappa shape index (κ2) is 32.4. The Kier molecular flexibility index (Phi) is 29.3. The summed E-state index contributed by atoms with van der Waals surface area (Å²) in [5, 5.41) is 10.6. The van der Waals surface area contributed by atoms with E-state index >= 15 is 0 Å². The Morgan fingerprint density at radius 2 is 0.739 bits per heavy atom. The first-order chi connectivity index (χ1) is 22.6. The van der Waals surface area contributed by atoms with E-state index in [2.05, 4.69) is 0 Å². The quantitative estimate of drug-likeness (QED) is 0.0444. The number of hydrogen-bond acceptors (Lipinski definition) is 15. The van der Waals surface area contributed by atoms with Crippen LogP contribution in [0.15, 0.2) is 24.3 Å². The molecule has 0 N–H and O–H groups in total. The summed E-state index contributed by atoms with van der Waals surface area (Å²) in [7, 11) is 0. The lowest BCUT2D eigenvalue weighted by molar-refractivity contribution is -0.384. The van der Waals surface area contributed by atoms with Gasteiger partial charge in [-0.2, -0.15) is 0 Å². The number of benzene rings is 1. The van der Waals surface area contributed by atoms with E-state index in [9.17, 15) is 14.9 Å². The van der Waals surface area contributed by atoms with Crippen LogP contribution in [0.1, 0.15) is 6.92 Å². The van der Waals surface area contributed by atoms with Gasteiger partial charge in [-0.25, -0.2) is 0 Å². The van der Waals surface area contributed by atoms with E-state index in [4.69, 9.17) is 56.8 Å². The van der Waals surface area contributed by atoms with Gasteiger partial charge < -0.3 is 56.8 Å². The van der Waals surface area contributed by atoms with Crippen molar-refractivity contribution in [2.24, 2.45) is 0 Å². The van der Waals surface area contributed by atoms with E-state index in [1.54, 1.807) is 12.1 Å². The molecule has 0 amide bonds. The van der Waals surface area contributed by atoms with Gasteiger partial charge in [-0.1, -0.05) is 0 Å². The molecule has 0 bridgehead atoms. The molecule has 0 fully saturated rings. The fourth-order valence-electron chi connectivity index (χ4n) is 3.21. The molecule has 46 heavy (non-hydrogen) atoms. The maximum absolute atomic E-state index is 10.6. The molecule has 1 aromatic carbocycles. The van der Waals surface area contributed by atoms with Gasteiger partial charge in [-0.05, 0) is 12.1 Å². The molecule has 0 spiro atoms. The van der Waals surface area contributed by atoms with Crippen LogP contribution in [0.25, 0.3) is 0 Å². The SMILES string of the molecule is CC(=O)OCCOCCOCCOCCOCCOCCOCCOCCOCCOCCOCCOc1ccc([N+](=O)[O-])cc1. The minimum Gasteiger partial charge on any atom is -0.491 e. The van der Waals surface area contributed by atoms with Gasteiger partial charge in [0.2, 0.25) is 0 Å². The Labute approximate surface area is 270 Å². The van der Waals surface area contributed by atoms with Crippen molar-refractivity contribution in [2.45, 2.75) is 6.92 Å². The first kappa shape index (κ1) is 41.5. The van der Waals surface area contributed by atoms with Gasteiger partial charge in [0.1, 0.15) is 19.0 Å². The largest absolute Gasteiger partial charge is 0.491 e. The average Bonchev–Trinajstić information content (AvgIpc) is 3.05. The third-order valence-electron chi connectivity index (χ3n) is 5.43. The molecule has 0 atom stereocenters. The smallest absolute Gasteiger partial charge is 0.302 e. The third-order valence-corrected chi connectivity index (χ3v) is 5.43. The lowest BCUT2D eigenvalue weighted by atomic mass is 10.3. The Hall–Kier alpha value is -2.51. The predicted octanol–water partition coefficient (Wildman–Crippen LogP) is 1.70. The Morgan fingerprint density at radius 3 is 1.00 bits per heavy atom. The monoisotopic (exact) mass is 665 g/mol. The number of carbonyl (C=O) groups is 1.